The lowest BCUT2D eigenvalue weighted by Gasteiger charge is -2.19. The van der Waals surface area contributed by atoms with Crippen LogP contribution in [0.1, 0.15) is 25.3 Å². The number of benzene rings is 1. The average Bonchev–Trinajstić information content (AvgIpc) is 2.17. The molecule has 0 amide bonds. The molecule has 0 saturated heterocycles. The zero-order valence-electron chi connectivity index (χ0n) is 8.45. The molecule has 74 valence electrons. The van der Waals surface area contributed by atoms with E-state index in [1.807, 2.05) is 7.05 Å². The maximum absolute atomic E-state index is 3.26. The summed E-state index contributed by atoms with van der Waals surface area (Å²) in [5.74, 6) is 0.580. The van der Waals surface area contributed by atoms with Crippen molar-refractivity contribution >= 4 is 12.4 Å². The van der Waals surface area contributed by atoms with Gasteiger partial charge in [-0.1, -0.05) is 37.3 Å². The number of halogens is 1. The Morgan fingerprint density at radius 1 is 1.08 bits per heavy atom. The second-order valence-corrected chi connectivity index (χ2v) is 3.28. The third-order valence-electron chi connectivity index (χ3n) is 2.53. The minimum absolute atomic E-state index is 0. The second-order valence-electron chi connectivity index (χ2n) is 3.28. The van der Waals surface area contributed by atoms with Crippen molar-refractivity contribution in [3.63, 3.8) is 0 Å². The lowest BCUT2D eigenvalue weighted by atomic mass is 9.95. The molecule has 1 aromatic rings. The predicted molar refractivity (Wildman–Crippen MR) is 60.6 cm³/mol. The lowest BCUT2D eigenvalue weighted by Crippen LogP contribution is -2.27. The van der Waals surface area contributed by atoms with E-state index < -0.39 is 0 Å². The molecule has 0 aliphatic heterocycles. The molecule has 2 unspecified atom stereocenters. The molecule has 0 saturated carbocycles. The monoisotopic (exact) mass is 199 g/mol. The van der Waals surface area contributed by atoms with Crippen LogP contribution < -0.4 is 5.32 Å². The van der Waals surface area contributed by atoms with Crippen molar-refractivity contribution in [3.05, 3.63) is 35.9 Å². The number of likely N-dealkylation sites (N-methyl/N-ethyl adjacent to an activating group) is 1. The van der Waals surface area contributed by atoms with Gasteiger partial charge in [0, 0.05) is 6.04 Å². The Hall–Kier alpha value is -0.530. The maximum Gasteiger partial charge on any atom is 0.0102 e. The molecule has 0 radical (unpaired) electrons. The zero-order chi connectivity index (χ0) is 8.97. The van der Waals surface area contributed by atoms with Crippen molar-refractivity contribution < 1.29 is 0 Å². The molecule has 0 aromatic heterocycles. The van der Waals surface area contributed by atoms with E-state index in [2.05, 4.69) is 49.5 Å². The first kappa shape index (κ1) is 12.5. The summed E-state index contributed by atoms with van der Waals surface area (Å²) in [5.41, 5.74) is 1.40. The van der Waals surface area contributed by atoms with Gasteiger partial charge in [0.1, 0.15) is 0 Å². The Morgan fingerprint density at radius 2 is 1.62 bits per heavy atom. The van der Waals surface area contributed by atoms with Crippen LogP contribution in [0.2, 0.25) is 0 Å². The quantitative estimate of drug-likeness (QED) is 0.790. The number of rotatable bonds is 3. The molecule has 1 rings (SSSR count). The van der Waals surface area contributed by atoms with Gasteiger partial charge in [0.2, 0.25) is 0 Å². The van der Waals surface area contributed by atoms with Crippen molar-refractivity contribution in [2.75, 3.05) is 7.05 Å². The average molecular weight is 200 g/mol. The van der Waals surface area contributed by atoms with Crippen LogP contribution in [0.4, 0.5) is 0 Å². The molecule has 1 aromatic carbocycles. The van der Waals surface area contributed by atoms with E-state index in [4.69, 9.17) is 0 Å². The summed E-state index contributed by atoms with van der Waals surface area (Å²) in [7, 11) is 2.00. The van der Waals surface area contributed by atoms with Crippen molar-refractivity contribution in [1.82, 2.24) is 5.32 Å². The van der Waals surface area contributed by atoms with Crippen LogP contribution in [0.15, 0.2) is 30.3 Å². The van der Waals surface area contributed by atoms with Gasteiger partial charge in [0.15, 0.2) is 0 Å². The van der Waals surface area contributed by atoms with Gasteiger partial charge in [-0.3, -0.25) is 0 Å². The van der Waals surface area contributed by atoms with Crippen LogP contribution in [0, 0.1) is 0 Å². The zero-order valence-corrected chi connectivity index (χ0v) is 9.27. The molecular weight excluding hydrogens is 182 g/mol. The molecule has 0 bridgehead atoms. The summed E-state index contributed by atoms with van der Waals surface area (Å²) in [6.45, 7) is 4.45. The topological polar surface area (TPSA) is 12.0 Å². The first-order valence-electron chi connectivity index (χ1n) is 4.48. The van der Waals surface area contributed by atoms with Crippen molar-refractivity contribution in [2.24, 2.45) is 0 Å². The van der Waals surface area contributed by atoms with Gasteiger partial charge in [-0.05, 0) is 25.5 Å². The van der Waals surface area contributed by atoms with E-state index in [9.17, 15) is 0 Å². The largest absolute Gasteiger partial charge is 0.317 e. The number of nitrogens with one attached hydrogen (secondary N) is 1. The fourth-order valence-corrected chi connectivity index (χ4v) is 1.30. The lowest BCUT2D eigenvalue weighted by molar-refractivity contribution is 0.524. The number of hydrogen-bond acceptors (Lipinski definition) is 1. The first-order chi connectivity index (χ1) is 5.75. The van der Waals surface area contributed by atoms with Crippen LogP contribution >= 0.6 is 12.4 Å². The summed E-state index contributed by atoms with van der Waals surface area (Å²) in [6, 6.07) is 11.1. The molecule has 1 N–H and O–H groups in total. The fraction of sp³-hybridized carbons (Fsp3) is 0.455. The SMILES string of the molecule is CNC(C)C(C)c1ccccc1.Cl. The predicted octanol–water partition coefficient (Wildman–Crippen LogP) is 2.82. The minimum Gasteiger partial charge on any atom is -0.317 e. The smallest absolute Gasteiger partial charge is 0.0102 e. The van der Waals surface area contributed by atoms with Gasteiger partial charge in [-0.2, -0.15) is 0 Å². The Balaban J connectivity index is 0.00000144. The summed E-state index contributed by atoms with van der Waals surface area (Å²) >= 11 is 0. The van der Waals surface area contributed by atoms with E-state index in [0.29, 0.717) is 12.0 Å². The summed E-state index contributed by atoms with van der Waals surface area (Å²) in [6.07, 6.45) is 0. The Morgan fingerprint density at radius 3 is 2.08 bits per heavy atom. The van der Waals surface area contributed by atoms with Crippen LogP contribution in [-0.2, 0) is 0 Å². The molecule has 2 atom stereocenters. The van der Waals surface area contributed by atoms with Gasteiger partial charge in [0.25, 0.3) is 0 Å². The summed E-state index contributed by atoms with van der Waals surface area (Å²) in [4.78, 5) is 0. The molecule has 2 heteroatoms. The van der Waals surface area contributed by atoms with Crippen molar-refractivity contribution in [1.29, 1.82) is 0 Å². The van der Waals surface area contributed by atoms with Crippen molar-refractivity contribution in [2.45, 2.75) is 25.8 Å². The highest BCUT2D eigenvalue weighted by Crippen LogP contribution is 2.17. The molecule has 0 spiro atoms. The van der Waals surface area contributed by atoms with E-state index in [-0.39, 0.29) is 12.4 Å². The molecule has 0 aliphatic carbocycles. The van der Waals surface area contributed by atoms with Crippen molar-refractivity contribution in [3.8, 4) is 0 Å². The van der Waals surface area contributed by atoms with Crippen LogP contribution in [0.3, 0.4) is 0 Å². The maximum atomic E-state index is 3.26. The number of hydrogen-bond donors (Lipinski definition) is 1. The van der Waals surface area contributed by atoms with Gasteiger partial charge in [-0.15, -0.1) is 12.4 Å². The van der Waals surface area contributed by atoms with Gasteiger partial charge in [-0.25, -0.2) is 0 Å². The van der Waals surface area contributed by atoms with Crippen LogP contribution in [0.25, 0.3) is 0 Å². The fourth-order valence-electron chi connectivity index (χ4n) is 1.30. The van der Waals surface area contributed by atoms with Gasteiger partial charge in [0.05, 0.1) is 0 Å². The Bertz CT molecular complexity index is 223. The Kier molecular flexibility index (Phi) is 5.76. The molecule has 0 heterocycles. The third kappa shape index (κ3) is 3.37. The van der Waals surface area contributed by atoms with Crippen LogP contribution in [-0.4, -0.2) is 13.1 Å². The normalized spacial score (nSPS) is 14.4. The third-order valence-corrected chi connectivity index (χ3v) is 2.53. The van der Waals surface area contributed by atoms with Gasteiger partial charge < -0.3 is 5.32 Å². The first-order valence-corrected chi connectivity index (χ1v) is 4.48. The molecule has 13 heavy (non-hydrogen) atoms. The highest BCUT2D eigenvalue weighted by molar-refractivity contribution is 5.85. The second kappa shape index (κ2) is 6.01. The molecule has 0 fully saturated rings. The van der Waals surface area contributed by atoms with E-state index in [1.54, 1.807) is 0 Å². The minimum atomic E-state index is 0. The highest BCUT2D eigenvalue weighted by atomic mass is 35.5. The van der Waals surface area contributed by atoms with Gasteiger partial charge >= 0.3 is 0 Å². The molecular formula is C11H18ClN. The summed E-state index contributed by atoms with van der Waals surface area (Å²) < 4.78 is 0. The van der Waals surface area contributed by atoms with Crippen LogP contribution in [0.5, 0.6) is 0 Å². The molecule has 0 aliphatic rings. The van der Waals surface area contributed by atoms with E-state index in [1.165, 1.54) is 5.56 Å². The Labute approximate surface area is 87.0 Å². The standard InChI is InChI=1S/C11H17N.ClH/c1-9(10(2)12-3)11-7-5-4-6-8-11;/h4-10,12H,1-3H3;1H. The van der Waals surface area contributed by atoms with E-state index in [0.717, 1.165) is 0 Å². The molecule has 1 nitrogen and oxygen atoms in total. The highest BCUT2D eigenvalue weighted by Gasteiger charge is 2.10. The van der Waals surface area contributed by atoms with E-state index >= 15 is 0 Å². The summed E-state index contributed by atoms with van der Waals surface area (Å²) in [5, 5.41) is 3.26.